The Balaban J connectivity index is 1.34. The lowest BCUT2D eigenvalue weighted by Gasteiger charge is -2.37. The van der Waals surface area contributed by atoms with Gasteiger partial charge < -0.3 is 5.32 Å². The standard InChI is InChI=1S/C26H22Cl2N2O3/c27-14-6-9-19(28)20(11-14)29-24(31)21(10-13-4-2-1-3-5-13)30-25(32)22-15-7-8-16(18-12-17(15)18)23(22)26(30)33/h1-9,11,15-18,21-23H,10,12H2,(H,29,31)/t15-,16-,17-,18-,21+,22+,23+/m1/s1. The van der Waals surface area contributed by atoms with Crippen LogP contribution >= 0.6 is 23.2 Å². The molecule has 4 aliphatic carbocycles. The van der Waals surface area contributed by atoms with Crippen molar-refractivity contribution in [2.45, 2.75) is 18.9 Å². The Bertz CT molecular complexity index is 1160. The molecule has 7 rings (SSSR count). The van der Waals surface area contributed by atoms with E-state index in [2.05, 4.69) is 17.5 Å². The van der Waals surface area contributed by atoms with Crippen molar-refractivity contribution in [2.75, 3.05) is 5.32 Å². The molecule has 1 heterocycles. The minimum absolute atomic E-state index is 0.106. The molecule has 5 nitrogen and oxygen atoms in total. The van der Waals surface area contributed by atoms with E-state index in [1.807, 2.05) is 30.3 Å². The van der Waals surface area contributed by atoms with E-state index in [0.29, 0.717) is 27.6 Å². The molecule has 168 valence electrons. The number of nitrogens with zero attached hydrogens (tertiary/aromatic N) is 1. The van der Waals surface area contributed by atoms with Crippen LogP contribution < -0.4 is 5.32 Å². The quantitative estimate of drug-likeness (QED) is 0.502. The molecule has 7 atom stereocenters. The van der Waals surface area contributed by atoms with Crippen LogP contribution in [0.5, 0.6) is 0 Å². The molecule has 0 unspecified atom stereocenters. The van der Waals surface area contributed by atoms with Gasteiger partial charge in [-0.1, -0.05) is 65.7 Å². The van der Waals surface area contributed by atoms with Gasteiger partial charge in [-0.15, -0.1) is 0 Å². The number of allylic oxidation sites excluding steroid dienone is 2. The van der Waals surface area contributed by atoms with Crippen molar-refractivity contribution in [3.8, 4) is 0 Å². The summed E-state index contributed by atoms with van der Waals surface area (Å²) in [4.78, 5) is 42.1. The Morgan fingerprint density at radius 3 is 2.24 bits per heavy atom. The van der Waals surface area contributed by atoms with Crippen molar-refractivity contribution in [1.82, 2.24) is 4.90 Å². The smallest absolute Gasteiger partial charge is 0.248 e. The van der Waals surface area contributed by atoms with Gasteiger partial charge in [0.15, 0.2) is 0 Å². The van der Waals surface area contributed by atoms with Crippen molar-refractivity contribution in [3.05, 3.63) is 76.3 Å². The minimum atomic E-state index is -0.969. The highest BCUT2D eigenvalue weighted by Gasteiger charge is 2.67. The van der Waals surface area contributed by atoms with Crippen LogP contribution in [0.25, 0.3) is 0 Å². The van der Waals surface area contributed by atoms with E-state index in [1.54, 1.807) is 18.2 Å². The third-order valence-electron chi connectivity index (χ3n) is 7.77. The molecule has 1 N–H and O–H groups in total. The molecule has 2 aromatic carbocycles. The monoisotopic (exact) mass is 480 g/mol. The first-order valence-corrected chi connectivity index (χ1v) is 12.0. The Kier molecular flexibility index (Phi) is 4.89. The molecule has 2 aromatic rings. The van der Waals surface area contributed by atoms with Crippen LogP contribution in [0.4, 0.5) is 5.69 Å². The molecule has 2 saturated carbocycles. The first-order chi connectivity index (χ1) is 15.9. The fraction of sp³-hybridized carbons (Fsp3) is 0.346. The zero-order valence-corrected chi connectivity index (χ0v) is 19.2. The SMILES string of the molecule is O=C(Nc1cc(Cl)ccc1Cl)[C@H](Cc1ccccc1)N1C(=O)[C@H]2[C@@H]3C=C[C@H]([C@H]4C[C@H]34)[C@@H]2C1=O. The second-order valence-electron chi connectivity index (χ2n) is 9.52. The predicted molar refractivity (Wildman–Crippen MR) is 126 cm³/mol. The number of benzene rings is 2. The number of hydrogen-bond donors (Lipinski definition) is 1. The van der Waals surface area contributed by atoms with Gasteiger partial charge in [-0.05, 0) is 53.9 Å². The summed E-state index contributed by atoms with van der Waals surface area (Å²) in [6.07, 6.45) is 5.59. The summed E-state index contributed by atoms with van der Waals surface area (Å²) in [5.74, 6) is -0.369. The fourth-order valence-electron chi connectivity index (χ4n) is 6.24. The van der Waals surface area contributed by atoms with E-state index >= 15 is 0 Å². The third kappa shape index (κ3) is 3.32. The highest BCUT2D eigenvalue weighted by Crippen LogP contribution is 2.65. The molecule has 2 bridgehead atoms. The zero-order chi connectivity index (χ0) is 22.9. The van der Waals surface area contributed by atoms with Gasteiger partial charge in [0, 0.05) is 11.4 Å². The first kappa shape index (κ1) is 20.9. The lowest BCUT2D eigenvalue weighted by Crippen LogP contribution is -2.49. The molecular formula is C26H22Cl2N2O3. The van der Waals surface area contributed by atoms with Crippen molar-refractivity contribution < 1.29 is 14.4 Å². The van der Waals surface area contributed by atoms with Crippen LogP contribution in [-0.2, 0) is 20.8 Å². The van der Waals surface area contributed by atoms with Crippen LogP contribution in [0.2, 0.25) is 10.0 Å². The molecule has 5 aliphatic rings. The highest BCUT2D eigenvalue weighted by molar-refractivity contribution is 6.35. The van der Waals surface area contributed by atoms with Gasteiger partial charge in [-0.3, -0.25) is 19.3 Å². The van der Waals surface area contributed by atoms with Gasteiger partial charge >= 0.3 is 0 Å². The van der Waals surface area contributed by atoms with E-state index < -0.39 is 11.9 Å². The van der Waals surface area contributed by atoms with E-state index in [1.165, 1.54) is 4.90 Å². The van der Waals surface area contributed by atoms with E-state index in [9.17, 15) is 14.4 Å². The van der Waals surface area contributed by atoms with Crippen LogP contribution in [0.1, 0.15) is 12.0 Å². The van der Waals surface area contributed by atoms with Crippen LogP contribution in [0, 0.1) is 35.5 Å². The molecule has 1 saturated heterocycles. The Hall–Kier alpha value is -2.63. The number of carbonyl (C=O) groups excluding carboxylic acids is 3. The number of amides is 3. The maximum atomic E-state index is 13.7. The number of hydrogen-bond acceptors (Lipinski definition) is 3. The summed E-state index contributed by atoms with van der Waals surface area (Å²) in [6, 6.07) is 13.3. The third-order valence-corrected chi connectivity index (χ3v) is 8.33. The fourth-order valence-corrected chi connectivity index (χ4v) is 6.57. The number of carbonyl (C=O) groups is 3. The number of imide groups is 1. The number of likely N-dealkylation sites (tertiary alicyclic amines) is 1. The largest absolute Gasteiger partial charge is 0.323 e. The molecule has 0 spiro atoms. The molecule has 7 heteroatoms. The average Bonchev–Trinajstić information content (AvgIpc) is 3.59. The van der Waals surface area contributed by atoms with Crippen LogP contribution in [-0.4, -0.2) is 28.7 Å². The molecule has 33 heavy (non-hydrogen) atoms. The van der Waals surface area contributed by atoms with Gasteiger partial charge in [-0.25, -0.2) is 0 Å². The van der Waals surface area contributed by atoms with Crippen molar-refractivity contribution in [3.63, 3.8) is 0 Å². The maximum absolute atomic E-state index is 13.7. The van der Waals surface area contributed by atoms with Crippen molar-refractivity contribution in [1.29, 1.82) is 0 Å². The summed E-state index contributed by atoms with van der Waals surface area (Å²) in [5.41, 5.74) is 1.22. The maximum Gasteiger partial charge on any atom is 0.248 e. The van der Waals surface area contributed by atoms with E-state index in [4.69, 9.17) is 23.2 Å². The Morgan fingerprint density at radius 1 is 0.970 bits per heavy atom. The molecule has 0 radical (unpaired) electrons. The number of halogens is 2. The summed E-state index contributed by atoms with van der Waals surface area (Å²) in [6.45, 7) is 0. The van der Waals surface area contributed by atoms with Gasteiger partial charge in [0.1, 0.15) is 6.04 Å². The summed E-state index contributed by atoms with van der Waals surface area (Å²) in [5, 5.41) is 3.57. The number of rotatable bonds is 5. The lowest BCUT2D eigenvalue weighted by molar-refractivity contribution is -0.146. The second kappa shape index (κ2) is 7.71. The van der Waals surface area contributed by atoms with E-state index in [-0.39, 0.29) is 41.9 Å². The number of anilines is 1. The first-order valence-electron chi connectivity index (χ1n) is 11.3. The molecule has 0 aromatic heterocycles. The number of nitrogens with one attached hydrogen (secondary N) is 1. The van der Waals surface area contributed by atoms with Crippen molar-refractivity contribution >= 4 is 46.6 Å². The Morgan fingerprint density at radius 2 is 1.61 bits per heavy atom. The molecular weight excluding hydrogens is 459 g/mol. The van der Waals surface area contributed by atoms with Crippen LogP contribution in [0.15, 0.2) is 60.7 Å². The summed E-state index contributed by atoms with van der Waals surface area (Å²) >= 11 is 12.3. The normalized spacial score (nSPS) is 31.9. The van der Waals surface area contributed by atoms with Gasteiger partial charge in [0.25, 0.3) is 0 Å². The van der Waals surface area contributed by atoms with Gasteiger partial charge in [-0.2, -0.15) is 0 Å². The van der Waals surface area contributed by atoms with Gasteiger partial charge in [0.2, 0.25) is 17.7 Å². The topological polar surface area (TPSA) is 66.5 Å². The molecule has 3 fully saturated rings. The lowest BCUT2D eigenvalue weighted by atomic mass is 9.63. The predicted octanol–water partition coefficient (Wildman–Crippen LogP) is 4.60. The zero-order valence-electron chi connectivity index (χ0n) is 17.7. The second-order valence-corrected chi connectivity index (χ2v) is 10.4. The summed E-state index contributed by atoms with van der Waals surface area (Å²) < 4.78 is 0. The summed E-state index contributed by atoms with van der Waals surface area (Å²) in [7, 11) is 0. The minimum Gasteiger partial charge on any atom is -0.323 e. The van der Waals surface area contributed by atoms with Crippen LogP contribution in [0.3, 0.4) is 0 Å². The van der Waals surface area contributed by atoms with Crippen molar-refractivity contribution in [2.24, 2.45) is 35.5 Å². The molecule has 1 aliphatic heterocycles. The molecule has 3 amide bonds. The average molecular weight is 481 g/mol. The Labute approximate surface area is 201 Å². The van der Waals surface area contributed by atoms with Gasteiger partial charge in [0.05, 0.1) is 22.5 Å². The van der Waals surface area contributed by atoms with E-state index in [0.717, 1.165) is 12.0 Å². The highest BCUT2D eigenvalue weighted by atomic mass is 35.5.